The largest absolute Gasteiger partial charge is 0.424 e. The zero-order chi connectivity index (χ0) is 19.5. The molecular formula is C19H21FN6O2. The molecule has 0 N–H and O–H groups in total. The van der Waals surface area contributed by atoms with Gasteiger partial charge in [-0.05, 0) is 23.8 Å². The van der Waals surface area contributed by atoms with Gasteiger partial charge >= 0.3 is 0 Å². The van der Waals surface area contributed by atoms with Crippen molar-refractivity contribution < 1.29 is 8.81 Å². The molecule has 28 heavy (non-hydrogen) atoms. The van der Waals surface area contributed by atoms with Crippen LogP contribution in [0.15, 0.2) is 45.6 Å². The second-order valence-corrected chi connectivity index (χ2v) is 6.79. The molecule has 8 nitrogen and oxygen atoms in total. The highest BCUT2D eigenvalue weighted by Crippen LogP contribution is 2.14. The van der Waals surface area contributed by atoms with Crippen molar-refractivity contribution in [1.29, 1.82) is 0 Å². The summed E-state index contributed by atoms with van der Waals surface area (Å²) in [6.45, 7) is 5.96. The van der Waals surface area contributed by atoms with Gasteiger partial charge in [-0.2, -0.15) is 5.10 Å². The van der Waals surface area contributed by atoms with Gasteiger partial charge in [-0.1, -0.05) is 12.1 Å². The van der Waals surface area contributed by atoms with Crippen molar-refractivity contribution in [3.05, 3.63) is 69.9 Å². The Balaban J connectivity index is 1.41. The van der Waals surface area contributed by atoms with E-state index in [1.807, 2.05) is 0 Å². The Hall–Kier alpha value is -3.07. The summed E-state index contributed by atoms with van der Waals surface area (Å²) in [5.74, 6) is 1.65. The highest BCUT2D eigenvalue weighted by atomic mass is 19.1. The molecule has 4 rings (SSSR count). The number of aromatic nitrogens is 4. The molecule has 146 valence electrons. The van der Waals surface area contributed by atoms with E-state index in [0.29, 0.717) is 24.9 Å². The molecule has 2 aromatic heterocycles. The molecule has 1 aliphatic heterocycles. The van der Waals surface area contributed by atoms with E-state index < -0.39 is 0 Å². The monoisotopic (exact) mass is 384 g/mol. The second-order valence-electron chi connectivity index (χ2n) is 6.79. The Morgan fingerprint density at radius 1 is 1.00 bits per heavy atom. The van der Waals surface area contributed by atoms with Crippen molar-refractivity contribution >= 4 is 5.82 Å². The lowest BCUT2D eigenvalue weighted by atomic mass is 10.2. The normalized spacial score (nSPS) is 15.1. The third-order valence-corrected chi connectivity index (χ3v) is 4.72. The summed E-state index contributed by atoms with van der Waals surface area (Å²) in [6, 6.07) is 9.37. The van der Waals surface area contributed by atoms with Crippen LogP contribution in [0.4, 0.5) is 10.2 Å². The first-order chi connectivity index (χ1) is 13.6. The first-order valence-electron chi connectivity index (χ1n) is 9.16. The Kier molecular flexibility index (Phi) is 5.16. The maximum Gasteiger partial charge on any atom is 0.267 e. The summed E-state index contributed by atoms with van der Waals surface area (Å²) < 4.78 is 19.9. The van der Waals surface area contributed by atoms with E-state index in [2.05, 4.69) is 25.1 Å². The summed E-state index contributed by atoms with van der Waals surface area (Å²) in [5.41, 5.74) is 0.645. The number of aryl methyl sites for hydroxylation is 1. The van der Waals surface area contributed by atoms with Gasteiger partial charge in [0.15, 0.2) is 0 Å². The molecule has 0 amide bonds. The second kappa shape index (κ2) is 7.89. The Morgan fingerprint density at radius 2 is 1.75 bits per heavy atom. The summed E-state index contributed by atoms with van der Waals surface area (Å²) in [4.78, 5) is 16.6. The fourth-order valence-corrected chi connectivity index (χ4v) is 3.21. The molecule has 1 saturated heterocycles. The van der Waals surface area contributed by atoms with Crippen LogP contribution >= 0.6 is 0 Å². The van der Waals surface area contributed by atoms with Gasteiger partial charge in [0.1, 0.15) is 11.6 Å². The van der Waals surface area contributed by atoms with Gasteiger partial charge < -0.3 is 9.32 Å². The van der Waals surface area contributed by atoms with Crippen molar-refractivity contribution in [2.75, 3.05) is 31.1 Å². The molecule has 9 heteroatoms. The molecule has 0 radical (unpaired) electrons. The van der Waals surface area contributed by atoms with E-state index in [9.17, 15) is 9.18 Å². The third kappa shape index (κ3) is 4.25. The molecule has 3 aromatic rings. The maximum absolute atomic E-state index is 13.1. The summed E-state index contributed by atoms with van der Waals surface area (Å²) in [6.07, 6.45) is 0. The topological polar surface area (TPSA) is 80.3 Å². The van der Waals surface area contributed by atoms with Crippen LogP contribution in [0, 0.1) is 12.7 Å². The molecule has 1 aliphatic rings. The van der Waals surface area contributed by atoms with E-state index in [0.717, 1.165) is 37.6 Å². The summed E-state index contributed by atoms with van der Waals surface area (Å²) in [7, 11) is 0. The van der Waals surface area contributed by atoms with Crippen LogP contribution in [0.2, 0.25) is 0 Å². The van der Waals surface area contributed by atoms with Crippen LogP contribution in [0.1, 0.15) is 17.3 Å². The number of nitrogens with zero attached hydrogens (tertiary/aromatic N) is 6. The molecule has 1 aromatic carbocycles. The van der Waals surface area contributed by atoms with E-state index >= 15 is 0 Å². The molecular weight excluding hydrogens is 363 g/mol. The fourth-order valence-electron chi connectivity index (χ4n) is 3.21. The molecule has 0 saturated carbocycles. The van der Waals surface area contributed by atoms with E-state index in [1.165, 1.54) is 22.9 Å². The standard InChI is InChI=1S/C19H21FN6O2/c1-14-21-22-18(28-14)13-24-8-10-25(11-9-24)17-6-7-19(27)26(23-17)12-15-2-4-16(20)5-3-15/h2-7H,8-13H2,1H3. The zero-order valence-corrected chi connectivity index (χ0v) is 15.6. The van der Waals surface area contributed by atoms with Crippen LogP contribution < -0.4 is 10.5 Å². The molecule has 0 bridgehead atoms. The van der Waals surface area contributed by atoms with Gasteiger partial charge in [-0.15, -0.1) is 10.2 Å². The van der Waals surface area contributed by atoms with Crippen LogP contribution in [-0.2, 0) is 13.1 Å². The number of piperazine rings is 1. The van der Waals surface area contributed by atoms with Crippen molar-refractivity contribution in [1.82, 2.24) is 24.9 Å². The van der Waals surface area contributed by atoms with E-state index in [4.69, 9.17) is 4.42 Å². The number of hydrogen-bond acceptors (Lipinski definition) is 7. The third-order valence-electron chi connectivity index (χ3n) is 4.72. The summed E-state index contributed by atoms with van der Waals surface area (Å²) in [5, 5.41) is 12.4. The minimum Gasteiger partial charge on any atom is -0.424 e. The number of hydrogen-bond donors (Lipinski definition) is 0. The first kappa shape index (κ1) is 18.3. The minimum atomic E-state index is -0.300. The zero-order valence-electron chi connectivity index (χ0n) is 15.6. The van der Waals surface area contributed by atoms with E-state index in [-0.39, 0.29) is 11.4 Å². The smallest absolute Gasteiger partial charge is 0.267 e. The van der Waals surface area contributed by atoms with Gasteiger partial charge in [0.25, 0.3) is 5.56 Å². The predicted molar refractivity (Wildman–Crippen MR) is 101 cm³/mol. The molecule has 1 fully saturated rings. The molecule has 0 aliphatic carbocycles. The van der Waals surface area contributed by atoms with E-state index in [1.54, 1.807) is 25.1 Å². The van der Waals surface area contributed by atoms with Crippen LogP contribution in [-0.4, -0.2) is 51.1 Å². The number of anilines is 1. The number of halogens is 1. The average Bonchev–Trinajstić information content (AvgIpc) is 3.11. The van der Waals surface area contributed by atoms with Crippen LogP contribution in [0.25, 0.3) is 0 Å². The Bertz CT molecular complexity index is 992. The highest BCUT2D eigenvalue weighted by Gasteiger charge is 2.20. The van der Waals surface area contributed by atoms with Gasteiger partial charge in [0, 0.05) is 39.2 Å². The van der Waals surface area contributed by atoms with Crippen LogP contribution in [0.5, 0.6) is 0 Å². The fraction of sp³-hybridized carbons (Fsp3) is 0.368. The lowest BCUT2D eigenvalue weighted by Gasteiger charge is -2.34. The van der Waals surface area contributed by atoms with Gasteiger partial charge in [0.05, 0.1) is 13.1 Å². The Labute approximate surface area is 161 Å². The first-order valence-corrected chi connectivity index (χ1v) is 9.16. The maximum atomic E-state index is 13.1. The predicted octanol–water partition coefficient (Wildman–Crippen LogP) is 1.44. The van der Waals surface area contributed by atoms with Crippen molar-refractivity contribution in [3.8, 4) is 0 Å². The van der Waals surface area contributed by atoms with Crippen LogP contribution in [0.3, 0.4) is 0 Å². The number of rotatable bonds is 5. The van der Waals surface area contributed by atoms with Crippen molar-refractivity contribution in [2.45, 2.75) is 20.0 Å². The lowest BCUT2D eigenvalue weighted by Crippen LogP contribution is -2.46. The number of benzene rings is 1. The molecule has 0 spiro atoms. The average molecular weight is 384 g/mol. The SMILES string of the molecule is Cc1nnc(CN2CCN(c3ccc(=O)n(Cc4ccc(F)cc4)n3)CC2)o1. The van der Waals surface area contributed by atoms with Crippen molar-refractivity contribution in [3.63, 3.8) is 0 Å². The van der Waals surface area contributed by atoms with Gasteiger partial charge in [-0.3, -0.25) is 9.69 Å². The molecule has 3 heterocycles. The Morgan fingerprint density at radius 3 is 2.43 bits per heavy atom. The quantitative estimate of drug-likeness (QED) is 0.659. The highest BCUT2D eigenvalue weighted by molar-refractivity contribution is 5.37. The van der Waals surface area contributed by atoms with Gasteiger partial charge in [0.2, 0.25) is 11.8 Å². The molecule has 0 unspecified atom stereocenters. The summed E-state index contributed by atoms with van der Waals surface area (Å²) >= 11 is 0. The molecule has 0 atom stereocenters. The van der Waals surface area contributed by atoms with Crippen molar-refractivity contribution in [2.24, 2.45) is 0 Å². The van der Waals surface area contributed by atoms with Gasteiger partial charge in [-0.25, -0.2) is 9.07 Å². The lowest BCUT2D eigenvalue weighted by molar-refractivity contribution is 0.224. The minimum absolute atomic E-state index is 0.182.